The van der Waals surface area contributed by atoms with Crippen LogP contribution in [0.1, 0.15) is 37.1 Å². The molecule has 0 N–H and O–H groups in total. The van der Waals surface area contributed by atoms with Crippen molar-refractivity contribution in [3.05, 3.63) is 17.5 Å². The van der Waals surface area contributed by atoms with Crippen LogP contribution in [-0.2, 0) is 16.1 Å². The minimum Gasteiger partial charge on any atom is -0.372 e. The van der Waals surface area contributed by atoms with Crippen LogP contribution in [0.15, 0.2) is 10.6 Å². The number of hydrogen-bond acceptors (Lipinski definition) is 4. The highest BCUT2D eigenvalue weighted by Crippen LogP contribution is 2.19. The van der Waals surface area contributed by atoms with Crippen LogP contribution in [0.5, 0.6) is 0 Å². The minimum atomic E-state index is 0.208. The Kier molecular flexibility index (Phi) is 3.16. The molecule has 4 nitrogen and oxygen atoms in total. The summed E-state index contributed by atoms with van der Waals surface area (Å²) < 4.78 is 10.6. The van der Waals surface area contributed by atoms with Crippen molar-refractivity contribution in [2.24, 2.45) is 0 Å². The largest absolute Gasteiger partial charge is 0.372 e. The number of carbonyl (C=O) groups is 1. The third-order valence-electron chi connectivity index (χ3n) is 2.63. The van der Waals surface area contributed by atoms with Crippen molar-refractivity contribution in [3.8, 4) is 0 Å². The van der Waals surface area contributed by atoms with E-state index in [9.17, 15) is 4.79 Å². The van der Waals surface area contributed by atoms with Gasteiger partial charge in [0.15, 0.2) is 0 Å². The zero-order valence-electron chi connectivity index (χ0n) is 8.86. The molecule has 1 heterocycles. The number of Topliss-reactive ketones (excluding diaryl/α,β-unsaturated/α-hetero) is 1. The van der Waals surface area contributed by atoms with E-state index in [1.807, 2.05) is 13.0 Å². The van der Waals surface area contributed by atoms with Crippen molar-refractivity contribution in [3.63, 3.8) is 0 Å². The Morgan fingerprint density at radius 3 is 2.87 bits per heavy atom. The fourth-order valence-corrected chi connectivity index (χ4v) is 1.77. The summed E-state index contributed by atoms with van der Waals surface area (Å²) in [5.41, 5.74) is 0.824. The number of ether oxygens (including phenoxy) is 1. The Morgan fingerprint density at radius 2 is 2.27 bits per heavy atom. The van der Waals surface area contributed by atoms with Crippen molar-refractivity contribution in [1.29, 1.82) is 0 Å². The van der Waals surface area contributed by atoms with E-state index < -0.39 is 0 Å². The Bertz CT molecular complexity index is 335. The van der Waals surface area contributed by atoms with Gasteiger partial charge in [-0.2, -0.15) is 0 Å². The first kappa shape index (κ1) is 10.4. The molecule has 0 unspecified atom stereocenters. The molecule has 0 amide bonds. The molecule has 1 aliphatic rings. The summed E-state index contributed by atoms with van der Waals surface area (Å²) in [5.74, 6) is 1.15. The van der Waals surface area contributed by atoms with Crippen molar-refractivity contribution in [1.82, 2.24) is 5.16 Å². The van der Waals surface area contributed by atoms with Crippen LogP contribution in [-0.4, -0.2) is 17.0 Å². The van der Waals surface area contributed by atoms with Gasteiger partial charge in [-0.15, -0.1) is 0 Å². The van der Waals surface area contributed by atoms with Crippen LogP contribution in [0.2, 0.25) is 0 Å². The highest BCUT2D eigenvalue weighted by atomic mass is 16.5. The number of ketones is 1. The highest BCUT2D eigenvalue weighted by Gasteiger charge is 2.19. The van der Waals surface area contributed by atoms with E-state index in [0.29, 0.717) is 25.2 Å². The van der Waals surface area contributed by atoms with Gasteiger partial charge >= 0.3 is 0 Å². The molecule has 0 spiro atoms. The first-order valence-corrected chi connectivity index (χ1v) is 5.29. The van der Waals surface area contributed by atoms with E-state index >= 15 is 0 Å². The van der Waals surface area contributed by atoms with Crippen LogP contribution in [0.25, 0.3) is 0 Å². The molecule has 0 atom stereocenters. The summed E-state index contributed by atoms with van der Waals surface area (Å²) in [6, 6.07) is 1.87. The summed E-state index contributed by atoms with van der Waals surface area (Å²) in [6.45, 7) is 2.34. The summed E-state index contributed by atoms with van der Waals surface area (Å²) in [5, 5.41) is 3.85. The van der Waals surface area contributed by atoms with Gasteiger partial charge in [0.1, 0.15) is 17.2 Å². The Labute approximate surface area is 88.6 Å². The van der Waals surface area contributed by atoms with E-state index in [1.54, 1.807) is 0 Å². The second kappa shape index (κ2) is 4.57. The number of aromatic nitrogens is 1. The first-order chi connectivity index (χ1) is 7.24. The third-order valence-corrected chi connectivity index (χ3v) is 2.63. The fourth-order valence-electron chi connectivity index (χ4n) is 1.77. The Balaban J connectivity index is 1.76. The molecule has 1 aliphatic carbocycles. The van der Waals surface area contributed by atoms with Gasteiger partial charge in [-0.3, -0.25) is 4.79 Å². The maximum absolute atomic E-state index is 11.0. The summed E-state index contributed by atoms with van der Waals surface area (Å²) in [7, 11) is 0. The molecule has 2 rings (SSSR count). The minimum absolute atomic E-state index is 0.208. The molecule has 1 aromatic rings. The van der Waals surface area contributed by atoms with Crippen LogP contribution in [0.4, 0.5) is 0 Å². The zero-order chi connectivity index (χ0) is 10.7. The lowest BCUT2D eigenvalue weighted by Crippen LogP contribution is -2.21. The normalized spacial score (nSPS) is 18.3. The molecule has 0 bridgehead atoms. The maximum atomic E-state index is 11.0. The second-order valence-corrected chi connectivity index (χ2v) is 3.98. The monoisotopic (exact) mass is 209 g/mol. The van der Waals surface area contributed by atoms with E-state index in [1.165, 1.54) is 0 Å². The van der Waals surface area contributed by atoms with Crippen LogP contribution in [0, 0.1) is 6.92 Å². The van der Waals surface area contributed by atoms with Crippen molar-refractivity contribution >= 4 is 5.78 Å². The molecule has 0 radical (unpaired) electrons. The molecule has 4 heteroatoms. The van der Waals surface area contributed by atoms with Gasteiger partial charge < -0.3 is 9.26 Å². The predicted octanol–water partition coefficient (Wildman–Crippen LogP) is 2.01. The molecule has 82 valence electrons. The molecule has 1 saturated carbocycles. The van der Waals surface area contributed by atoms with Gasteiger partial charge in [0.05, 0.1) is 12.7 Å². The number of nitrogens with zero attached hydrogens (tertiary/aromatic N) is 1. The molecule has 0 aliphatic heterocycles. The standard InChI is InChI=1S/C11H15NO3/c1-8-6-9(12-15-8)7-14-11-4-2-10(13)3-5-11/h6,11H,2-5,7H2,1H3. The van der Waals surface area contributed by atoms with E-state index in [4.69, 9.17) is 9.26 Å². The smallest absolute Gasteiger partial charge is 0.134 e. The SMILES string of the molecule is Cc1cc(COC2CCC(=O)CC2)no1. The summed E-state index contributed by atoms with van der Waals surface area (Å²) in [4.78, 5) is 11.0. The highest BCUT2D eigenvalue weighted by molar-refractivity contribution is 5.79. The molecule has 15 heavy (non-hydrogen) atoms. The number of carbonyl (C=O) groups excluding carboxylic acids is 1. The molecular weight excluding hydrogens is 194 g/mol. The second-order valence-electron chi connectivity index (χ2n) is 3.98. The molecule has 1 aromatic heterocycles. The summed E-state index contributed by atoms with van der Waals surface area (Å²) >= 11 is 0. The Morgan fingerprint density at radius 1 is 1.53 bits per heavy atom. The summed E-state index contributed by atoms with van der Waals surface area (Å²) in [6.07, 6.45) is 3.20. The molecule has 0 aromatic carbocycles. The lowest BCUT2D eigenvalue weighted by Gasteiger charge is -2.20. The quantitative estimate of drug-likeness (QED) is 0.764. The first-order valence-electron chi connectivity index (χ1n) is 5.29. The molecular formula is C11H15NO3. The van der Waals surface area contributed by atoms with Crippen LogP contribution >= 0.6 is 0 Å². The average molecular weight is 209 g/mol. The number of hydrogen-bond donors (Lipinski definition) is 0. The van der Waals surface area contributed by atoms with Crippen molar-refractivity contribution in [2.75, 3.05) is 0 Å². The van der Waals surface area contributed by atoms with Gasteiger partial charge in [0.25, 0.3) is 0 Å². The molecule has 1 fully saturated rings. The average Bonchev–Trinajstić information content (AvgIpc) is 2.64. The van der Waals surface area contributed by atoms with Gasteiger partial charge in [-0.25, -0.2) is 0 Å². The zero-order valence-corrected chi connectivity index (χ0v) is 8.86. The fraction of sp³-hybridized carbons (Fsp3) is 0.636. The van der Waals surface area contributed by atoms with Gasteiger partial charge in [0, 0.05) is 18.9 Å². The number of aryl methyl sites for hydroxylation is 1. The topological polar surface area (TPSA) is 52.3 Å². The van der Waals surface area contributed by atoms with Crippen molar-refractivity contribution < 1.29 is 14.1 Å². The maximum Gasteiger partial charge on any atom is 0.134 e. The third kappa shape index (κ3) is 2.89. The van der Waals surface area contributed by atoms with E-state index in [-0.39, 0.29) is 6.10 Å². The Hall–Kier alpha value is -1.16. The van der Waals surface area contributed by atoms with Gasteiger partial charge in [-0.1, -0.05) is 5.16 Å². The predicted molar refractivity (Wildman–Crippen MR) is 53.3 cm³/mol. The van der Waals surface area contributed by atoms with Crippen LogP contribution in [0.3, 0.4) is 0 Å². The van der Waals surface area contributed by atoms with E-state index in [0.717, 1.165) is 24.3 Å². The van der Waals surface area contributed by atoms with Gasteiger partial charge in [0.2, 0.25) is 0 Å². The molecule has 0 saturated heterocycles. The van der Waals surface area contributed by atoms with Gasteiger partial charge in [-0.05, 0) is 19.8 Å². The van der Waals surface area contributed by atoms with E-state index in [2.05, 4.69) is 5.16 Å². The van der Waals surface area contributed by atoms with Crippen molar-refractivity contribution in [2.45, 2.75) is 45.3 Å². The number of rotatable bonds is 3. The lowest BCUT2D eigenvalue weighted by molar-refractivity contribution is -0.123. The lowest BCUT2D eigenvalue weighted by atomic mass is 9.96. The van der Waals surface area contributed by atoms with Crippen LogP contribution < -0.4 is 0 Å².